The molecular formula is C20H13N3O3S2. The molecule has 0 aliphatic heterocycles. The van der Waals surface area contributed by atoms with Crippen LogP contribution in [0.25, 0.3) is 33.2 Å². The van der Waals surface area contributed by atoms with E-state index in [4.69, 9.17) is 9.56 Å². The Balaban J connectivity index is 1.65. The molecule has 0 unspecified atom stereocenters. The van der Waals surface area contributed by atoms with Crippen LogP contribution in [0.3, 0.4) is 0 Å². The Morgan fingerprint density at radius 3 is 2.54 bits per heavy atom. The van der Waals surface area contributed by atoms with E-state index in [1.165, 1.54) is 23.5 Å². The monoisotopic (exact) mass is 407 g/mol. The summed E-state index contributed by atoms with van der Waals surface area (Å²) in [6, 6.07) is 19.4. The van der Waals surface area contributed by atoms with Gasteiger partial charge in [0.1, 0.15) is 22.6 Å². The highest BCUT2D eigenvalue weighted by atomic mass is 32.2. The summed E-state index contributed by atoms with van der Waals surface area (Å²) in [4.78, 5) is 4.53. The molecule has 0 amide bonds. The quantitative estimate of drug-likeness (QED) is 0.508. The maximum Gasteiger partial charge on any atom is 0.238 e. The SMILES string of the molecule is N#CC(=Cc1ccc(-c2ccc(S(N)(=O)=O)cc2)o1)c1nc2ccccc2s1. The van der Waals surface area contributed by atoms with E-state index < -0.39 is 10.0 Å². The molecule has 0 radical (unpaired) electrons. The van der Waals surface area contributed by atoms with Gasteiger partial charge in [0, 0.05) is 11.6 Å². The van der Waals surface area contributed by atoms with E-state index in [0.29, 0.717) is 27.7 Å². The number of hydrogen-bond acceptors (Lipinski definition) is 6. The number of rotatable bonds is 4. The number of primary sulfonamides is 1. The summed E-state index contributed by atoms with van der Waals surface area (Å²) in [6.45, 7) is 0. The van der Waals surface area contributed by atoms with Crippen molar-refractivity contribution >= 4 is 43.2 Å². The zero-order chi connectivity index (χ0) is 19.7. The molecular weight excluding hydrogens is 394 g/mol. The van der Waals surface area contributed by atoms with Crippen molar-refractivity contribution in [3.05, 3.63) is 71.4 Å². The Kier molecular flexibility index (Phi) is 4.57. The molecule has 0 bridgehead atoms. The average molecular weight is 407 g/mol. The van der Waals surface area contributed by atoms with Gasteiger partial charge in [-0.2, -0.15) is 5.26 Å². The Morgan fingerprint density at radius 2 is 1.86 bits per heavy atom. The minimum absolute atomic E-state index is 0.0329. The van der Waals surface area contributed by atoms with Crippen LogP contribution in [0, 0.1) is 11.3 Å². The lowest BCUT2D eigenvalue weighted by Crippen LogP contribution is -2.11. The summed E-state index contributed by atoms with van der Waals surface area (Å²) >= 11 is 1.44. The topological polar surface area (TPSA) is 110 Å². The third kappa shape index (κ3) is 3.59. The van der Waals surface area contributed by atoms with Crippen LogP contribution in [-0.4, -0.2) is 13.4 Å². The van der Waals surface area contributed by atoms with Crippen LogP contribution in [0.1, 0.15) is 10.8 Å². The van der Waals surface area contributed by atoms with Crippen LogP contribution in [0.4, 0.5) is 0 Å². The van der Waals surface area contributed by atoms with E-state index in [9.17, 15) is 13.7 Å². The number of benzene rings is 2. The Morgan fingerprint density at radius 1 is 1.11 bits per heavy atom. The second kappa shape index (κ2) is 7.05. The van der Waals surface area contributed by atoms with Crippen LogP contribution in [0.2, 0.25) is 0 Å². The molecule has 0 aliphatic carbocycles. The minimum Gasteiger partial charge on any atom is -0.457 e. The van der Waals surface area contributed by atoms with Crippen molar-refractivity contribution in [2.45, 2.75) is 4.90 Å². The Bertz CT molecular complexity index is 1310. The van der Waals surface area contributed by atoms with Crippen molar-refractivity contribution in [3.8, 4) is 17.4 Å². The van der Waals surface area contributed by atoms with Gasteiger partial charge in [-0.1, -0.05) is 12.1 Å². The molecule has 6 nitrogen and oxygen atoms in total. The first kappa shape index (κ1) is 18.1. The molecule has 28 heavy (non-hydrogen) atoms. The van der Waals surface area contributed by atoms with Gasteiger partial charge in [-0.15, -0.1) is 11.3 Å². The van der Waals surface area contributed by atoms with Gasteiger partial charge in [0.05, 0.1) is 20.7 Å². The molecule has 138 valence electrons. The van der Waals surface area contributed by atoms with Gasteiger partial charge in [-0.25, -0.2) is 18.5 Å². The van der Waals surface area contributed by atoms with Gasteiger partial charge in [-0.05, 0) is 48.5 Å². The molecule has 0 saturated heterocycles. The predicted molar refractivity (Wildman–Crippen MR) is 109 cm³/mol. The van der Waals surface area contributed by atoms with Crippen LogP contribution in [0.5, 0.6) is 0 Å². The molecule has 0 spiro atoms. The van der Waals surface area contributed by atoms with Crippen molar-refractivity contribution in [2.75, 3.05) is 0 Å². The number of aromatic nitrogens is 1. The molecule has 0 saturated carbocycles. The fourth-order valence-electron chi connectivity index (χ4n) is 2.67. The highest BCUT2D eigenvalue weighted by Gasteiger charge is 2.12. The van der Waals surface area contributed by atoms with Crippen molar-refractivity contribution in [3.63, 3.8) is 0 Å². The largest absolute Gasteiger partial charge is 0.457 e. The maximum atomic E-state index is 11.3. The highest BCUT2D eigenvalue weighted by Crippen LogP contribution is 2.29. The summed E-state index contributed by atoms with van der Waals surface area (Å²) < 4.78 is 29.5. The number of thiazole rings is 1. The number of hydrogen-bond donors (Lipinski definition) is 1. The molecule has 2 aromatic heterocycles. The fraction of sp³-hybridized carbons (Fsp3) is 0. The van der Waals surface area contributed by atoms with E-state index in [1.54, 1.807) is 30.3 Å². The second-order valence-corrected chi connectivity index (χ2v) is 8.52. The summed E-state index contributed by atoms with van der Waals surface area (Å²) in [6.07, 6.45) is 1.64. The summed E-state index contributed by atoms with van der Waals surface area (Å²) in [7, 11) is -3.74. The number of furan rings is 1. The van der Waals surface area contributed by atoms with E-state index in [0.717, 1.165) is 10.2 Å². The lowest BCUT2D eigenvalue weighted by atomic mass is 10.2. The number of nitrogens with two attached hydrogens (primary N) is 1. The van der Waals surface area contributed by atoms with E-state index in [2.05, 4.69) is 11.1 Å². The molecule has 4 rings (SSSR count). The number of fused-ring (bicyclic) bond motifs is 1. The van der Waals surface area contributed by atoms with Crippen LogP contribution < -0.4 is 5.14 Å². The van der Waals surface area contributed by atoms with Gasteiger partial charge in [-0.3, -0.25) is 0 Å². The second-order valence-electron chi connectivity index (χ2n) is 5.93. The third-order valence-corrected chi connectivity index (χ3v) is 6.02. The lowest BCUT2D eigenvalue weighted by Gasteiger charge is -2.00. The van der Waals surface area contributed by atoms with E-state index in [-0.39, 0.29) is 4.90 Å². The molecule has 2 N–H and O–H groups in total. The smallest absolute Gasteiger partial charge is 0.238 e. The zero-order valence-electron chi connectivity index (χ0n) is 14.4. The number of allylic oxidation sites excluding steroid dienone is 1. The first-order valence-electron chi connectivity index (χ1n) is 8.15. The Hall–Kier alpha value is -3.25. The van der Waals surface area contributed by atoms with Gasteiger partial charge >= 0.3 is 0 Å². The number of nitrogens with zero attached hydrogens (tertiary/aromatic N) is 2. The summed E-state index contributed by atoms with van der Waals surface area (Å²) in [5.41, 5.74) is 1.95. The van der Waals surface area contributed by atoms with Crippen molar-refractivity contribution in [1.29, 1.82) is 5.26 Å². The molecule has 8 heteroatoms. The third-order valence-electron chi connectivity index (χ3n) is 4.03. The van der Waals surface area contributed by atoms with E-state index in [1.807, 2.05) is 24.3 Å². The van der Waals surface area contributed by atoms with Crippen LogP contribution in [-0.2, 0) is 10.0 Å². The lowest BCUT2D eigenvalue weighted by molar-refractivity contribution is 0.571. The molecule has 0 atom stereocenters. The Labute approximate surface area is 165 Å². The number of para-hydroxylation sites is 1. The molecule has 4 aromatic rings. The van der Waals surface area contributed by atoms with Crippen molar-refractivity contribution in [1.82, 2.24) is 4.98 Å². The van der Waals surface area contributed by atoms with Crippen molar-refractivity contribution in [2.24, 2.45) is 5.14 Å². The minimum atomic E-state index is -3.74. The van der Waals surface area contributed by atoms with Gasteiger partial charge in [0.2, 0.25) is 10.0 Å². The standard InChI is InChI=1S/C20H13N3O3S2/c21-12-14(20-23-17-3-1-2-4-19(17)27-20)11-15-7-10-18(26-15)13-5-8-16(9-6-13)28(22,24)25/h1-11H,(H2,22,24,25). The average Bonchev–Trinajstić information content (AvgIpc) is 3.32. The molecule has 0 fully saturated rings. The van der Waals surface area contributed by atoms with E-state index >= 15 is 0 Å². The first-order valence-corrected chi connectivity index (χ1v) is 10.5. The van der Waals surface area contributed by atoms with Gasteiger partial charge in [0.25, 0.3) is 0 Å². The normalized spacial score (nSPS) is 12.2. The number of nitriles is 1. The highest BCUT2D eigenvalue weighted by molar-refractivity contribution is 7.89. The predicted octanol–water partition coefficient (Wildman–Crippen LogP) is 4.27. The summed E-state index contributed by atoms with van der Waals surface area (Å²) in [5, 5.41) is 15.3. The van der Waals surface area contributed by atoms with Crippen molar-refractivity contribution < 1.29 is 12.8 Å². The molecule has 2 aromatic carbocycles. The molecule has 2 heterocycles. The molecule has 0 aliphatic rings. The number of sulfonamides is 1. The van der Waals surface area contributed by atoms with Gasteiger partial charge in [0.15, 0.2) is 0 Å². The first-order chi connectivity index (χ1) is 13.4. The fourth-order valence-corrected chi connectivity index (χ4v) is 4.11. The van der Waals surface area contributed by atoms with Crippen LogP contribution >= 0.6 is 11.3 Å². The van der Waals surface area contributed by atoms with Crippen LogP contribution in [0.15, 0.2) is 70.0 Å². The van der Waals surface area contributed by atoms with Gasteiger partial charge < -0.3 is 4.42 Å². The summed E-state index contributed by atoms with van der Waals surface area (Å²) in [5.74, 6) is 1.05. The maximum absolute atomic E-state index is 11.3. The zero-order valence-corrected chi connectivity index (χ0v) is 16.0.